The summed E-state index contributed by atoms with van der Waals surface area (Å²) in [6.45, 7) is 2.98. The zero-order valence-electron chi connectivity index (χ0n) is 11.2. The molecule has 1 N–H and O–H groups in total. The van der Waals surface area contributed by atoms with E-state index in [0.29, 0.717) is 0 Å². The van der Waals surface area contributed by atoms with Gasteiger partial charge >= 0.3 is 0 Å². The lowest BCUT2D eigenvalue weighted by Crippen LogP contribution is -2.23. The molecule has 0 aromatic heterocycles. The van der Waals surface area contributed by atoms with E-state index in [9.17, 15) is 4.39 Å². The summed E-state index contributed by atoms with van der Waals surface area (Å²) in [4.78, 5) is 0. The van der Waals surface area contributed by atoms with Crippen LogP contribution in [0.5, 0.6) is 0 Å². The molecule has 0 fully saturated rings. The fourth-order valence-electron chi connectivity index (χ4n) is 2.16. The van der Waals surface area contributed by atoms with Gasteiger partial charge in [-0.25, -0.2) is 4.39 Å². The quantitative estimate of drug-likeness (QED) is 0.723. The predicted octanol–water partition coefficient (Wildman–Crippen LogP) is 5.24. The van der Waals surface area contributed by atoms with Gasteiger partial charge < -0.3 is 5.32 Å². The van der Waals surface area contributed by atoms with Crippen molar-refractivity contribution in [2.75, 3.05) is 6.54 Å². The van der Waals surface area contributed by atoms with Crippen molar-refractivity contribution in [3.8, 4) is 0 Å². The second kappa shape index (κ2) is 7.34. The van der Waals surface area contributed by atoms with Crippen molar-refractivity contribution < 1.29 is 4.39 Å². The molecule has 1 unspecified atom stereocenters. The van der Waals surface area contributed by atoms with Gasteiger partial charge in [-0.3, -0.25) is 0 Å². The highest BCUT2D eigenvalue weighted by Crippen LogP contribution is 2.25. The maximum Gasteiger partial charge on any atom is 0.124 e. The van der Waals surface area contributed by atoms with Gasteiger partial charge in [-0.2, -0.15) is 0 Å². The van der Waals surface area contributed by atoms with E-state index in [0.717, 1.165) is 27.5 Å². The molecule has 0 saturated carbocycles. The maximum atomic E-state index is 13.1. The van der Waals surface area contributed by atoms with Crippen molar-refractivity contribution in [1.82, 2.24) is 5.32 Å². The van der Waals surface area contributed by atoms with Crippen LogP contribution in [0.1, 0.15) is 24.1 Å². The molecule has 1 nitrogen and oxygen atoms in total. The van der Waals surface area contributed by atoms with Gasteiger partial charge in [-0.15, -0.1) is 0 Å². The van der Waals surface area contributed by atoms with Crippen LogP contribution >= 0.6 is 31.9 Å². The van der Waals surface area contributed by atoms with E-state index in [4.69, 9.17) is 0 Å². The van der Waals surface area contributed by atoms with Gasteiger partial charge in [0, 0.05) is 15.0 Å². The average molecular weight is 401 g/mol. The Morgan fingerprint density at radius 2 is 1.80 bits per heavy atom. The summed E-state index contributed by atoms with van der Waals surface area (Å²) in [5.74, 6) is -0.218. The van der Waals surface area contributed by atoms with Crippen molar-refractivity contribution >= 4 is 31.9 Å². The van der Waals surface area contributed by atoms with Gasteiger partial charge in [0.15, 0.2) is 0 Å². The maximum absolute atomic E-state index is 13.1. The van der Waals surface area contributed by atoms with Crippen LogP contribution in [0.2, 0.25) is 0 Å². The summed E-state index contributed by atoms with van der Waals surface area (Å²) >= 11 is 6.89. The summed E-state index contributed by atoms with van der Waals surface area (Å²) in [6, 6.07) is 13.4. The number of halogens is 3. The molecule has 2 aromatic carbocycles. The Morgan fingerprint density at radius 3 is 2.40 bits per heavy atom. The zero-order chi connectivity index (χ0) is 14.5. The first kappa shape index (κ1) is 15.7. The Morgan fingerprint density at radius 1 is 1.10 bits per heavy atom. The molecule has 2 rings (SSSR count). The molecular formula is C16H16Br2FN. The SMILES string of the molecule is CCNC(Cc1ccc(F)cc1Br)c1ccc(Br)cc1. The molecule has 0 spiro atoms. The minimum Gasteiger partial charge on any atom is -0.310 e. The van der Waals surface area contributed by atoms with Gasteiger partial charge in [0.05, 0.1) is 0 Å². The molecule has 0 aliphatic heterocycles. The van der Waals surface area contributed by atoms with E-state index in [-0.39, 0.29) is 11.9 Å². The monoisotopic (exact) mass is 399 g/mol. The lowest BCUT2D eigenvalue weighted by atomic mass is 9.99. The summed E-state index contributed by atoms with van der Waals surface area (Å²) < 4.78 is 15.0. The molecule has 106 valence electrons. The first-order valence-corrected chi connectivity index (χ1v) is 8.11. The number of rotatable bonds is 5. The lowest BCUT2D eigenvalue weighted by Gasteiger charge is -2.19. The van der Waals surface area contributed by atoms with Gasteiger partial charge in [0.25, 0.3) is 0 Å². The molecule has 20 heavy (non-hydrogen) atoms. The van der Waals surface area contributed by atoms with Crippen LogP contribution in [0.4, 0.5) is 4.39 Å². The minimum absolute atomic E-state index is 0.217. The molecular weight excluding hydrogens is 385 g/mol. The Balaban J connectivity index is 2.22. The predicted molar refractivity (Wildman–Crippen MR) is 88.4 cm³/mol. The fourth-order valence-corrected chi connectivity index (χ4v) is 2.93. The van der Waals surface area contributed by atoms with E-state index in [1.165, 1.54) is 17.7 Å². The van der Waals surface area contributed by atoms with Crippen LogP contribution in [0.3, 0.4) is 0 Å². The number of likely N-dealkylation sites (N-methyl/N-ethyl adjacent to an activating group) is 1. The molecule has 2 aromatic rings. The normalized spacial score (nSPS) is 12.4. The van der Waals surface area contributed by atoms with Crippen molar-refractivity contribution in [2.24, 2.45) is 0 Å². The number of benzene rings is 2. The van der Waals surface area contributed by atoms with Crippen LogP contribution in [0.25, 0.3) is 0 Å². The Hall–Kier alpha value is -0.710. The molecule has 0 heterocycles. The smallest absolute Gasteiger partial charge is 0.124 e. The highest BCUT2D eigenvalue weighted by atomic mass is 79.9. The Labute approximate surface area is 135 Å². The van der Waals surface area contributed by atoms with Gasteiger partial charge in [0.2, 0.25) is 0 Å². The van der Waals surface area contributed by atoms with Crippen molar-refractivity contribution in [3.05, 3.63) is 68.4 Å². The van der Waals surface area contributed by atoms with E-state index >= 15 is 0 Å². The van der Waals surface area contributed by atoms with Gasteiger partial charge in [-0.1, -0.05) is 57.0 Å². The van der Waals surface area contributed by atoms with Crippen molar-refractivity contribution in [1.29, 1.82) is 0 Å². The minimum atomic E-state index is -0.218. The van der Waals surface area contributed by atoms with Crippen molar-refractivity contribution in [3.63, 3.8) is 0 Å². The van der Waals surface area contributed by atoms with E-state index in [1.807, 2.05) is 18.2 Å². The molecule has 1 atom stereocenters. The van der Waals surface area contributed by atoms with Crippen LogP contribution in [-0.4, -0.2) is 6.54 Å². The standard InChI is InChI=1S/C16H16Br2FN/c1-2-20-16(11-3-6-13(17)7-4-11)9-12-5-8-14(19)10-15(12)18/h3-8,10,16,20H,2,9H2,1H3. The van der Waals surface area contributed by atoms with Crippen molar-refractivity contribution in [2.45, 2.75) is 19.4 Å². The second-order valence-electron chi connectivity index (χ2n) is 4.60. The van der Waals surface area contributed by atoms with E-state index in [2.05, 4.69) is 56.2 Å². The summed E-state index contributed by atoms with van der Waals surface area (Å²) in [5.41, 5.74) is 2.33. The number of nitrogens with one attached hydrogen (secondary N) is 1. The largest absolute Gasteiger partial charge is 0.310 e. The molecule has 4 heteroatoms. The van der Waals surface area contributed by atoms with Crippen LogP contribution < -0.4 is 5.32 Å². The topological polar surface area (TPSA) is 12.0 Å². The zero-order valence-corrected chi connectivity index (χ0v) is 14.3. The second-order valence-corrected chi connectivity index (χ2v) is 6.37. The number of hydrogen-bond acceptors (Lipinski definition) is 1. The summed E-state index contributed by atoms with van der Waals surface area (Å²) in [7, 11) is 0. The molecule has 0 aliphatic carbocycles. The third-order valence-electron chi connectivity index (χ3n) is 3.16. The molecule has 0 aliphatic rings. The molecule has 0 bridgehead atoms. The highest BCUT2D eigenvalue weighted by Gasteiger charge is 2.13. The van der Waals surface area contributed by atoms with Crippen LogP contribution in [-0.2, 0) is 6.42 Å². The van der Waals surface area contributed by atoms with E-state index < -0.39 is 0 Å². The Bertz CT molecular complexity index is 569. The van der Waals surface area contributed by atoms with Gasteiger partial charge in [0.1, 0.15) is 5.82 Å². The third-order valence-corrected chi connectivity index (χ3v) is 4.43. The molecule has 0 amide bonds. The van der Waals surface area contributed by atoms with Gasteiger partial charge in [-0.05, 0) is 48.4 Å². The summed E-state index contributed by atoms with van der Waals surface area (Å²) in [5, 5.41) is 3.48. The molecule has 0 saturated heterocycles. The lowest BCUT2D eigenvalue weighted by molar-refractivity contribution is 0.547. The summed E-state index contributed by atoms with van der Waals surface area (Å²) in [6.07, 6.45) is 0.816. The molecule has 0 radical (unpaired) electrons. The first-order valence-electron chi connectivity index (χ1n) is 6.53. The number of hydrogen-bond donors (Lipinski definition) is 1. The Kier molecular flexibility index (Phi) is 5.75. The highest BCUT2D eigenvalue weighted by molar-refractivity contribution is 9.10. The first-order chi connectivity index (χ1) is 9.60. The average Bonchev–Trinajstić information content (AvgIpc) is 2.42. The fraction of sp³-hybridized carbons (Fsp3) is 0.250. The van der Waals surface area contributed by atoms with E-state index in [1.54, 1.807) is 0 Å². The van der Waals surface area contributed by atoms with Crippen LogP contribution in [0.15, 0.2) is 51.4 Å². The third kappa shape index (κ3) is 4.14. The van der Waals surface area contributed by atoms with Crippen LogP contribution in [0, 0.1) is 5.82 Å².